The van der Waals surface area contributed by atoms with E-state index in [0.29, 0.717) is 4.34 Å². The van der Waals surface area contributed by atoms with E-state index in [1.807, 2.05) is 6.92 Å². The fourth-order valence-corrected chi connectivity index (χ4v) is 8.11. The molecule has 5 rings (SSSR count). The van der Waals surface area contributed by atoms with Crippen molar-refractivity contribution in [3.05, 3.63) is 10.6 Å². The first kappa shape index (κ1) is 20.7. The highest BCUT2D eigenvalue weighted by Gasteiger charge is 2.51. The molecule has 0 saturated heterocycles. The summed E-state index contributed by atoms with van der Waals surface area (Å²) in [5.41, 5.74) is 5.89. The molecule has 4 fully saturated rings. The minimum absolute atomic E-state index is 0.119. The van der Waals surface area contributed by atoms with Gasteiger partial charge in [-0.3, -0.25) is 14.9 Å². The molecular weight excluding hydrogens is 408 g/mol. The van der Waals surface area contributed by atoms with Crippen molar-refractivity contribution < 1.29 is 14.4 Å². The van der Waals surface area contributed by atoms with Gasteiger partial charge in [-0.2, -0.15) is 0 Å². The van der Waals surface area contributed by atoms with Crippen LogP contribution in [0.4, 0.5) is 4.79 Å². The van der Waals surface area contributed by atoms with Gasteiger partial charge in [0.25, 0.3) is 0 Å². The Morgan fingerprint density at radius 2 is 1.79 bits per heavy atom. The number of carbonyl (C=O) groups is 3. The summed E-state index contributed by atoms with van der Waals surface area (Å²) in [7, 11) is 0. The zero-order valence-electron chi connectivity index (χ0n) is 16.8. The van der Waals surface area contributed by atoms with Crippen molar-refractivity contribution in [1.29, 1.82) is 0 Å². The number of thioether (sulfide) groups is 1. The topological polar surface area (TPSA) is 114 Å². The van der Waals surface area contributed by atoms with Gasteiger partial charge in [-0.25, -0.2) is 9.78 Å². The van der Waals surface area contributed by atoms with E-state index in [-0.39, 0.29) is 23.9 Å². The van der Waals surface area contributed by atoms with Crippen molar-refractivity contribution in [2.45, 2.75) is 73.9 Å². The van der Waals surface area contributed by atoms with E-state index >= 15 is 0 Å². The Hall–Kier alpha value is -1.61. The van der Waals surface area contributed by atoms with Gasteiger partial charge in [0.15, 0.2) is 4.34 Å². The Labute approximate surface area is 179 Å². The molecular formula is C20H28N4O3S2. The predicted molar refractivity (Wildman–Crippen MR) is 113 cm³/mol. The van der Waals surface area contributed by atoms with E-state index < -0.39 is 11.2 Å². The third-order valence-electron chi connectivity index (χ3n) is 6.51. The number of imide groups is 1. The van der Waals surface area contributed by atoms with E-state index in [1.54, 1.807) is 6.92 Å². The Bertz CT molecular complexity index is 802. The number of nitrogens with two attached hydrogens (primary N) is 1. The molecule has 9 heteroatoms. The Kier molecular flexibility index (Phi) is 5.63. The fraction of sp³-hybridized carbons (Fsp3) is 0.700. The quantitative estimate of drug-likeness (QED) is 0.593. The lowest BCUT2D eigenvalue weighted by molar-refractivity contribution is -0.119. The lowest BCUT2D eigenvalue weighted by Crippen LogP contribution is -2.62. The number of nitrogens with one attached hydrogen (secondary N) is 2. The van der Waals surface area contributed by atoms with Crippen molar-refractivity contribution in [2.75, 3.05) is 0 Å². The normalized spacial score (nSPS) is 30.8. The van der Waals surface area contributed by atoms with Gasteiger partial charge in [0.1, 0.15) is 0 Å². The van der Waals surface area contributed by atoms with Gasteiger partial charge >= 0.3 is 6.03 Å². The molecule has 4 aliphatic carbocycles. The lowest BCUT2D eigenvalue weighted by atomic mass is 9.53. The van der Waals surface area contributed by atoms with E-state index in [2.05, 4.69) is 15.6 Å². The Balaban J connectivity index is 1.31. The van der Waals surface area contributed by atoms with Crippen LogP contribution in [0.15, 0.2) is 4.34 Å². The average Bonchev–Trinajstić information content (AvgIpc) is 2.91. The number of nitrogens with zero attached hydrogens (tertiary/aromatic N) is 1. The molecule has 29 heavy (non-hydrogen) atoms. The molecule has 1 aromatic rings. The number of thiazole rings is 1. The zero-order chi connectivity index (χ0) is 20.8. The summed E-state index contributed by atoms with van der Waals surface area (Å²) in [6.07, 6.45) is 7.21. The van der Waals surface area contributed by atoms with Gasteiger partial charge in [-0.1, -0.05) is 11.8 Å². The summed E-state index contributed by atoms with van der Waals surface area (Å²) in [5.74, 6) is 1.46. The Morgan fingerprint density at radius 3 is 2.34 bits per heavy atom. The van der Waals surface area contributed by atoms with Crippen LogP contribution in [-0.4, -0.2) is 33.6 Å². The fourth-order valence-electron chi connectivity index (χ4n) is 5.73. The zero-order valence-corrected chi connectivity index (χ0v) is 18.5. The summed E-state index contributed by atoms with van der Waals surface area (Å²) in [6.45, 7) is 3.57. The first-order chi connectivity index (χ1) is 13.7. The molecule has 4 amide bonds. The van der Waals surface area contributed by atoms with Crippen LogP contribution in [0.25, 0.3) is 0 Å². The lowest BCUT2D eigenvalue weighted by Gasteiger charge is -2.56. The largest absolute Gasteiger partial charge is 0.369 e. The molecule has 0 aromatic carbocycles. The van der Waals surface area contributed by atoms with Crippen molar-refractivity contribution in [2.24, 2.45) is 23.5 Å². The monoisotopic (exact) mass is 436 g/mol. The molecule has 0 spiro atoms. The van der Waals surface area contributed by atoms with Crippen LogP contribution in [0, 0.1) is 24.7 Å². The second-order valence-electron chi connectivity index (χ2n) is 9.03. The maximum absolute atomic E-state index is 12.6. The second-order valence-corrected chi connectivity index (χ2v) is 11.7. The van der Waals surface area contributed by atoms with Gasteiger partial charge in [0.05, 0.1) is 17.4 Å². The molecule has 4 bridgehead atoms. The maximum atomic E-state index is 12.6. The number of hydrogen-bond acceptors (Lipinski definition) is 6. The van der Waals surface area contributed by atoms with Crippen LogP contribution in [0.3, 0.4) is 0 Å². The second kappa shape index (κ2) is 7.91. The number of aromatic nitrogens is 1. The predicted octanol–water partition coefficient (Wildman–Crippen LogP) is 2.75. The number of hydrogen-bond donors (Lipinski definition) is 3. The number of primary amides is 1. The van der Waals surface area contributed by atoms with Crippen LogP contribution in [0.1, 0.15) is 56.0 Å². The van der Waals surface area contributed by atoms with E-state index in [0.717, 1.165) is 47.6 Å². The number of carbonyl (C=O) groups excluding carboxylic acids is 3. The molecule has 0 radical (unpaired) electrons. The minimum Gasteiger partial charge on any atom is -0.369 e. The SMILES string of the molecule is Cc1nc(S[C@@H](C)C(=O)NC(=O)NC23CC4CC(CC(C4)C2)C3)sc1CC(N)=O. The molecule has 0 aliphatic heterocycles. The summed E-state index contributed by atoms with van der Waals surface area (Å²) >= 11 is 2.66. The van der Waals surface area contributed by atoms with E-state index in [1.165, 1.54) is 42.4 Å². The smallest absolute Gasteiger partial charge is 0.321 e. The van der Waals surface area contributed by atoms with Gasteiger partial charge in [-0.15, -0.1) is 11.3 Å². The number of urea groups is 1. The van der Waals surface area contributed by atoms with Crippen LogP contribution >= 0.6 is 23.1 Å². The maximum Gasteiger partial charge on any atom is 0.321 e. The molecule has 0 unspecified atom stereocenters. The minimum atomic E-state index is -0.468. The molecule has 1 aromatic heterocycles. The molecule has 4 saturated carbocycles. The van der Waals surface area contributed by atoms with Crippen molar-refractivity contribution >= 4 is 40.9 Å². The number of aryl methyl sites for hydroxylation is 1. The van der Waals surface area contributed by atoms with Crippen LogP contribution < -0.4 is 16.4 Å². The average molecular weight is 437 g/mol. The molecule has 7 nitrogen and oxygen atoms in total. The summed E-state index contributed by atoms with van der Waals surface area (Å²) in [5, 5.41) is 5.22. The first-order valence-electron chi connectivity index (χ1n) is 10.3. The van der Waals surface area contributed by atoms with Crippen molar-refractivity contribution in [3.8, 4) is 0 Å². The van der Waals surface area contributed by atoms with Crippen molar-refractivity contribution in [3.63, 3.8) is 0 Å². The molecule has 4 N–H and O–H groups in total. The third-order valence-corrected chi connectivity index (χ3v) is 8.86. The highest BCUT2D eigenvalue weighted by atomic mass is 32.2. The highest BCUT2D eigenvalue weighted by Crippen LogP contribution is 2.55. The summed E-state index contributed by atoms with van der Waals surface area (Å²) in [6, 6.07) is -0.380. The van der Waals surface area contributed by atoms with Gasteiger partial charge in [0.2, 0.25) is 11.8 Å². The number of amides is 4. The summed E-state index contributed by atoms with van der Waals surface area (Å²) in [4.78, 5) is 41.4. The third kappa shape index (κ3) is 4.60. The van der Waals surface area contributed by atoms with Crippen molar-refractivity contribution in [1.82, 2.24) is 15.6 Å². The molecule has 1 atom stereocenters. The Morgan fingerprint density at radius 1 is 1.21 bits per heavy atom. The van der Waals surface area contributed by atoms with E-state index in [9.17, 15) is 14.4 Å². The van der Waals surface area contributed by atoms with Crippen LogP contribution in [-0.2, 0) is 16.0 Å². The number of rotatable bonds is 6. The molecule has 1 heterocycles. The van der Waals surface area contributed by atoms with Crippen LogP contribution in [0.5, 0.6) is 0 Å². The highest BCUT2D eigenvalue weighted by molar-refractivity contribution is 8.02. The standard InChI is InChI=1S/C20H28N4O3S2/c1-10-15(6-16(21)25)29-19(22-10)28-11(2)17(26)23-18(27)24-20-7-12-3-13(8-20)5-14(4-12)9-20/h11-14H,3-9H2,1-2H3,(H2,21,25)(H2,23,24,26,27)/t11-,12?,13?,14?,20?/m0/s1. The molecule has 4 aliphatic rings. The van der Waals surface area contributed by atoms with Crippen LogP contribution in [0.2, 0.25) is 0 Å². The van der Waals surface area contributed by atoms with E-state index in [4.69, 9.17) is 5.73 Å². The van der Waals surface area contributed by atoms with Gasteiger partial charge in [0, 0.05) is 10.4 Å². The first-order valence-corrected chi connectivity index (χ1v) is 12.0. The van der Waals surface area contributed by atoms with Gasteiger partial charge < -0.3 is 11.1 Å². The molecule has 158 valence electrons. The summed E-state index contributed by atoms with van der Waals surface area (Å²) < 4.78 is 0.697. The van der Waals surface area contributed by atoms with Gasteiger partial charge in [-0.05, 0) is 70.1 Å².